The largest absolute Gasteiger partial charge is 0.492 e. The van der Waals surface area contributed by atoms with Crippen molar-refractivity contribution in [1.82, 2.24) is 5.32 Å². The molecule has 0 aromatic heterocycles. The van der Waals surface area contributed by atoms with Crippen molar-refractivity contribution in [3.8, 4) is 5.75 Å². The Morgan fingerprint density at radius 3 is 2.65 bits per heavy atom. The molecule has 0 spiro atoms. The lowest BCUT2D eigenvalue weighted by Gasteiger charge is -2.09. The monoisotopic (exact) mass is 358 g/mol. The van der Waals surface area contributed by atoms with Gasteiger partial charge in [-0.1, -0.05) is 18.2 Å². The van der Waals surface area contributed by atoms with E-state index in [4.69, 9.17) is 9.47 Å². The molecule has 0 saturated heterocycles. The van der Waals surface area contributed by atoms with Gasteiger partial charge in [0.25, 0.3) is 11.6 Å². The highest BCUT2D eigenvalue weighted by atomic mass is 16.6. The molecule has 0 aliphatic rings. The van der Waals surface area contributed by atoms with Crippen molar-refractivity contribution in [3.63, 3.8) is 0 Å². The third-order valence-electron chi connectivity index (χ3n) is 3.31. The second kappa shape index (κ2) is 9.16. The molecule has 2 aromatic rings. The molecule has 8 heteroatoms. The van der Waals surface area contributed by atoms with E-state index in [-0.39, 0.29) is 24.4 Å². The summed E-state index contributed by atoms with van der Waals surface area (Å²) < 4.78 is 10.3. The first kappa shape index (κ1) is 18.9. The Labute approximate surface area is 149 Å². The van der Waals surface area contributed by atoms with Crippen molar-refractivity contribution in [3.05, 3.63) is 69.8 Å². The third kappa shape index (κ3) is 5.90. The zero-order valence-corrected chi connectivity index (χ0v) is 14.1. The van der Waals surface area contributed by atoms with Crippen molar-refractivity contribution in [2.24, 2.45) is 0 Å². The van der Waals surface area contributed by atoms with Crippen molar-refractivity contribution >= 4 is 17.6 Å². The van der Waals surface area contributed by atoms with Gasteiger partial charge in [-0.05, 0) is 30.7 Å². The Morgan fingerprint density at radius 1 is 1.15 bits per heavy atom. The van der Waals surface area contributed by atoms with Crippen LogP contribution in [0.5, 0.6) is 5.75 Å². The first-order valence-electron chi connectivity index (χ1n) is 7.83. The number of rotatable bonds is 8. The lowest BCUT2D eigenvalue weighted by atomic mass is 10.2. The van der Waals surface area contributed by atoms with E-state index in [0.717, 1.165) is 11.6 Å². The van der Waals surface area contributed by atoms with Crippen LogP contribution in [0.3, 0.4) is 0 Å². The van der Waals surface area contributed by atoms with Crippen LogP contribution >= 0.6 is 0 Å². The summed E-state index contributed by atoms with van der Waals surface area (Å²) in [6.45, 7) is 1.99. The van der Waals surface area contributed by atoms with Crippen LogP contribution in [0.4, 0.5) is 5.69 Å². The van der Waals surface area contributed by atoms with Crippen LogP contribution in [0.2, 0.25) is 0 Å². The highest BCUT2D eigenvalue weighted by Gasteiger charge is 2.14. The van der Waals surface area contributed by atoms with E-state index in [1.54, 1.807) is 0 Å². The quantitative estimate of drug-likeness (QED) is 0.336. The maximum absolute atomic E-state index is 11.8. The number of amides is 1. The molecular weight excluding hydrogens is 340 g/mol. The summed E-state index contributed by atoms with van der Waals surface area (Å²) >= 11 is 0. The molecule has 0 aliphatic heterocycles. The van der Waals surface area contributed by atoms with E-state index in [1.807, 2.05) is 31.2 Å². The molecule has 136 valence electrons. The number of hydrogen-bond acceptors (Lipinski definition) is 6. The second-order valence-electron chi connectivity index (χ2n) is 5.40. The smallest absolute Gasteiger partial charge is 0.338 e. The van der Waals surface area contributed by atoms with E-state index >= 15 is 0 Å². The molecule has 0 bridgehead atoms. The van der Waals surface area contributed by atoms with Crippen LogP contribution in [-0.2, 0) is 9.53 Å². The van der Waals surface area contributed by atoms with Gasteiger partial charge in [0, 0.05) is 12.1 Å². The lowest BCUT2D eigenvalue weighted by Crippen LogP contribution is -2.32. The van der Waals surface area contributed by atoms with Crippen LogP contribution in [0.1, 0.15) is 15.9 Å². The van der Waals surface area contributed by atoms with Crippen molar-refractivity contribution in [2.45, 2.75) is 6.92 Å². The van der Waals surface area contributed by atoms with Crippen LogP contribution in [-0.4, -0.2) is 36.6 Å². The third-order valence-corrected chi connectivity index (χ3v) is 3.31. The maximum Gasteiger partial charge on any atom is 0.338 e. The van der Waals surface area contributed by atoms with Crippen molar-refractivity contribution in [2.75, 3.05) is 19.8 Å². The number of carbonyl (C=O) groups excluding carboxylic acids is 2. The van der Waals surface area contributed by atoms with Gasteiger partial charge in [0.2, 0.25) is 0 Å². The molecule has 0 heterocycles. The van der Waals surface area contributed by atoms with E-state index in [2.05, 4.69) is 5.32 Å². The van der Waals surface area contributed by atoms with Gasteiger partial charge in [-0.2, -0.15) is 0 Å². The van der Waals surface area contributed by atoms with Crippen LogP contribution in [0.25, 0.3) is 0 Å². The highest BCUT2D eigenvalue weighted by molar-refractivity contribution is 5.91. The summed E-state index contributed by atoms with van der Waals surface area (Å²) in [6, 6.07) is 12.6. The molecule has 26 heavy (non-hydrogen) atoms. The minimum absolute atomic E-state index is 0.00906. The number of carbonyl (C=O) groups is 2. The molecule has 0 fully saturated rings. The summed E-state index contributed by atoms with van der Waals surface area (Å²) in [5.41, 5.74) is 0.853. The molecule has 0 radical (unpaired) electrons. The molecule has 0 saturated carbocycles. The standard InChI is InChI=1S/C18H18N2O6/c1-13-4-2-7-16(10-13)25-9-8-19-17(21)12-26-18(22)14-5-3-6-15(11-14)20(23)24/h2-7,10-11H,8-9,12H2,1H3,(H,19,21). The average Bonchev–Trinajstić information content (AvgIpc) is 2.63. The summed E-state index contributed by atoms with van der Waals surface area (Å²) in [6.07, 6.45) is 0. The van der Waals surface area contributed by atoms with Crippen molar-refractivity contribution in [1.29, 1.82) is 0 Å². The van der Waals surface area contributed by atoms with Gasteiger partial charge in [-0.15, -0.1) is 0 Å². The Morgan fingerprint density at radius 2 is 1.92 bits per heavy atom. The molecule has 0 atom stereocenters. The molecule has 1 N–H and O–H groups in total. The Kier molecular flexibility index (Phi) is 6.67. The summed E-state index contributed by atoms with van der Waals surface area (Å²) in [5, 5.41) is 13.2. The predicted molar refractivity (Wildman–Crippen MR) is 93.1 cm³/mol. The second-order valence-corrected chi connectivity index (χ2v) is 5.40. The van der Waals surface area contributed by atoms with Gasteiger partial charge in [0.1, 0.15) is 12.4 Å². The SMILES string of the molecule is Cc1cccc(OCCNC(=O)COC(=O)c2cccc([N+](=O)[O-])c2)c1. The fourth-order valence-corrected chi connectivity index (χ4v) is 2.08. The zero-order chi connectivity index (χ0) is 18.9. The maximum atomic E-state index is 11.8. The minimum Gasteiger partial charge on any atom is -0.492 e. The van der Waals surface area contributed by atoms with Crippen LogP contribution in [0, 0.1) is 17.0 Å². The number of nitro groups is 1. The summed E-state index contributed by atoms with van der Waals surface area (Å²) in [4.78, 5) is 33.6. The number of ether oxygens (including phenoxy) is 2. The van der Waals surface area contributed by atoms with Crippen molar-refractivity contribution < 1.29 is 24.0 Å². The number of non-ortho nitro benzene ring substituents is 1. The molecular formula is C18H18N2O6. The van der Waals surface area contributed by atoms with Gasteiger partial charge >= 0.3 is 5.97 Å². The van der Waals surface area contributed by atoms with Crippen LogP contribution < -0.4 is 10.1 Å². The molecule has 8 nitrogen and oxygen atoms in total. The average molecular weight is 358 g/mol. The number of nitrogens with zero attached hydrogens (tertiary/aromatic N) is 1. The normalized spacial score (nSPS) is 10.0. The number of nitrogens with one attached hydrogen (secondary N) is 1. The molecule has 0 unspecified atom stereocenters. The summed E-state index contributed by atoms with van der Waals surface area (Å²) in [7, 11) is 0. The van der Waals surface area contributed by atoms with E-state index in [1.165, 1.54) is 18.2 Å². The van der Waals surface area contributed by atoms with Gasteiger partial charge < -0.3 is 14.8 Å². The zero-order valence-electron chi connectivity index (χ0n) is 14.1. The first-order chi connectivity index (χ1) is 12.5. The van der Waals surface area contributed by atoms with Crippen LogP contribution in [0.15, 0.2) is 48.5 Å². The number of esters is 1. The number of nitro benzene ring substituents is 1. The fourth-order valence-electron chi connectivity index (χ4n) is 2.08. The lowest BCUT2D eigenvalue weighted by molar-refractivity contribution is -0.384. The molecule has 2 rings (SSSR count). The first-order valence-corrected chi connectivity index (χ1v) is 7.83. The fraction of sp³-hybridized carbons (Fsp3) is 0.222. The Bertz CT molecular complexity index is 806. The summed E-state index contributed by atoms with van der Waals surface area (Å²) in [5.74, 6) is -0.590. The van der Waals surface area contributed by atoms with E-state index in [9.17, 15) is 19.7 Å². The van der Waals surface area contributed by atoms with Gasteiger partial charge in [-0.25, -0.2) is 4.79 Å². The number of hydrogen-bond donors (Lipinski definition) is 1. The van der Waals surface area contributed by atoms with Gasteiger partial charge in [-0.3, -0.25) is 14.9 Å². The predicted octanol–water partition coefficient (Wildman–Crippen LogP) is 2.26. The van der Waals surface area contributed by atoms with E-state index in [0.29, 0.717) is 5.75 Å². The van der Waals surface area contributed by atoms with E-state index < -0.39 is 23.4 Å². The highest BCUT2D eigenvalue weighted by Crippen LogP contribution is 2.14. The number of benzene rings is 2. The number of aryl methyl sites for hydroxylation is 1. The topological polar surface area (TPSA) is 108 Å². The molecule has 1 amide bonds. The Hall–Kier alpha value is -3.42. The minimum atomic E-state index is -0.806. The van der Waals surface area contributed by atoms with Gasteiger partial charge in [0.15, 0.2) is 6.61 Å². The molecule has 0 aliphatic carbocycles. The van der Waals surface area contributed by atoms with Gasteiger partial charge in [0.05, 0.1) is 17.0 Å². The molecule has 2 aromatic carbocycles. The Balaban J connectivity index is 1.70.